The maximum atomic E-state index is 5.96. The van der Waals surface area contributed by atoms with Crippen LogP contribution in [-0.2, 0) is 11.3 Å². The number of benzene rings is 1. The van der Waals surface area contributed by atoms with Crippen molar-refractivity contribution < 1.29 is 9.47 Å². The Bertz CT molecular complexity index is 751. The lowest BCUT2D eigenvalue weighted by molar-refractivity contribution is 0.119. The van der Waals surface area contributed by atoms with Gasteiger partial charge in [0.15, 0.2) is 5.96 Å². The first-order chi connectivity index (χ1) is 13.4. The molecule has 0 bridgehead atoms. The van der Waals surface area contributed by atoms with Crippen LogP contribution in [0, 0.1) is 6.92 Å². The number of aromatic nitrogens is 1. The van der Waals surface area contributed by atoms with Crippen molar-refractivity contribution in [2.24, 2.45) is 4.99 Å². The minimum Gasteiger partial charge on any atom is -0.489 e. The van der Waals surface area contributed by atoms with Crippen LogP contribution in [0.1, 0.15) is 43.1 Å². The quantitative estimate of drug-likeness (QED) is 0.290. The van der Waals surface area contributed by atoms with Crippen molar-refractivity contribution in [3.63, 3.8) is 0 Å². The zero-order valence-corrected chi connectivity index (χ0v) is 21.3. The van der Waals surface area contributed by atoms with E-state index in [2.05, 4.69) is 46.6 Å². The van der Waals surface area contributed by atoms with Crippen LogP contribution in [0.15, 0.2) is 34.6 Å². The van der Waals surface area contributed by atoms with E-state index in [4.69, 9.17) is 14.5 Å². The Morgan fingerprint density at radius 2 is 1.97 bits per heavy atom. The van der Waals surface area contributed by atoms with Gasteiger partial charge < -0.3 is 19.7 Å². The van der Waals surface area contributed by atoms with E-state index in [0.29, 0.717) is 13.1 Å². The minimum absolute atomic E-state index is 0. The van der Waals surface area contributed by atoms with Gasteiger partial charge in [0, 0.05) is 26.1 Å². The summed E-state index contributed by atoms with van der Waals surface area (Å²) in [5.41, 5.74) is 2.24. The van der Waals surface area contributed by atoms with Crippen molar-refractivity contribution in [2.75, 3.05) is 27.2 Å². The van der Waals surface area contributed by atoms with Gasteiger partial charge in [0.2, 0.25) is 0 Å². The molecule has 29 heavy (non-hydrogen) atoms. The molecule has 0 spiro atoms. The number of halogens is 1. The fourth-order valence-electron chi connectivity index (χ4n) is 2.57. The molecule has 0 aliphatic heterocycles. The van der Waals surface area contributed by atoms with Crippen LogP contribution in [0.25, 0.3) is 0 Å². The fourth-order valence-corrected chi connectivity index (χ4v) is 3.41. The molecule has 2 atom stereocenters. The summed E-state index contributed by atoms with van der Waals surface area (Å²) in [5.74, 6) is 1.71. The van der Waals surface area contributed by atoms with Gasteiger partial charge in [-0.25, -0.2) is 9.98 Å². The first kappa shape index (κ1) is 25.6. The van der Waals surface area contributed by atoms with Crippen LogP contribution in [0.5, 0.6) is 5.75 Å². The van der Waals surface area contributed by atoms with E-state index in [1.165, 1.54) is 5.56 Å². The molecule has 1 N–H and O–H groups in total. The van der Waals surface area contributed by atoms with Crippen LogP contribution < -0.4 is 10.1 Å². The SMILES string of the molecule is CCNC(=NCC(C)Oc1ccc(C)cc1)N(C)Cc1csc(C(C)OC)n1.I. The molecule has 0 aliphatic rings. The summed E-state index contributed by atoms with van der Waals surface area (Å²) in [6.07, 6.45) is 0.00363. The number of nitrogens with one attached hydrogen (secondary N) is 1. The third-order valence-corrected chi connectivity index (χ3v) is 5.28. The second-order valence-electron chi connectivity index (χ2n) is 6.85. The number of rotatable bonds is 9. The average Bonchev–Trinajstić information content (AvgIpc) is 3.14. The van der Waals surface area contributed by atoms with Gasteiger partial charge in [-0.15, -0.1) is 35.3 Å². The highest BCUT2D eigenvalue weighted by Gasteiger charge is 2.13. The molecule has 0 fully saturated rings. The first-order valence-electron chi connectivity index (χ1n) is 9.62. The lowest BCUT2D eigenvalue weighted by Gasteiger charge is -2.22. The van der Waals surface area contributed by atoms with Crippen LogP contribution in [-0.4, -0.2) is 49.2 Å². The zero-order valence-electron chi connectivity index (χ0n) is 18.1. The monoisotopic (exact) mass is 532 g/mol. The van der Waals surface area contributed by atoms with Crippen LogP contribution in [0.2, 0.25) is 0 Å². The summed E-state index contributed by atoms with van der Waals surface area (Å²) in [5, 5.41) is 6.41. The van der Waals surface area contributed by atoms with Gasteiger partial charge in [0.25, 0.3) is 0 Å². The Morgan fingerprint density at radius 1 is 1.28 bits per heavy atom. The second kappa shape index (κ2) is 13.0. The Morgan fingerprint density at radius 3 is 2.59 bits per heavy atom. The summed E-state index contributed by atoms with van der Waals surface area (Å²) in [6, 6.07) is 8.09. The lowest BCUT2D eigenvalue weighted by Crippen LogP contribution is -2.39. The maximum absolute atomic E-state index is 5.96. The number of methoxy groups -OCH3 is 1. The summed E-state index contributed by atoms with van der Waals surface area (Å²) in [6.45, 7) is 10.2. The predicted octanol–water partition coefficient (Wildman–Crippen LogP) is 4.64. The zero-order chi connectivity index (χ0) is 20.5. The molecule has 0 saturated carbocycles. The van der Waals surface area contributed by atoms with Gasteiger partial charge in [-0.1, -0.05) is 17.7 Å². The highest BCUT2D eigenvalue weighted by Crippen LogP contribution is 2.21. The summed E-state index contributed by atoms with van der Waals surface area (Å²) in [7, 11) is 3.72. The molecule has 0 amide bonds. The maximum Gasteiger partial charge on any atom is 0.194 e. The number of guanidine groups is 1. The normalized spacial score (nSPS) is 13.4. The molecule has 0 saturated heterocycles. The van der Waals surface area contributed by atoms with Gasteiger partial charge >= 0.3 is 0 Å². The number of aryl methyl sites for hydroxylation is 1. The fraction of sp³-hybridized carbons (Fsp3) is 0.524. The van der Waals surface area contributed by atoms with Gasteiger partial charge in [-0.05, 0) is 39.8 Å². The standard InChI is InChI=1S/C21H32N4O2S.HI/c1-7-22-21(23-12-16(3)27-19-10-8-15(2)9-11-19)25(5)13-18-14-28-20(24-18)17(4)26-6;/h8-11,14,16-17H,7,12-13H2,1-6H3,(H,22,23);1H. The molecule has 1 aromatic heterocycles. The highest BCUT2D eigenvalue weighted by molar-refractivity contribution is 14.0. The van der Waals surface area contributed by atoms with Crippen molar-refractivity contribution >= 4 is 41.3 Å². The van der Waals surface area contributed by atoms with E-state index >= 15 is 0 Å². The van der Waals surface area contributed by atoms with Crippen LogP contribution >= 0.6 is 35.3 Å². The van der Waals surface area contributed by atoms with Gasteiger partial charge in [-0.3, -0.25) is 0 Å². The summed E-state index contributed by atoms with van der Waals surface area (Å²) < 4.78 is 11.3. The smallest absolute Gasteiger partial charge is 0.194 e. The average molecular weight is 532 g/mol. The lowest BCUT2D eigenvalue weighted by atomic mass is 10.2. The van der Waals surface area contributed by atoms with E-state index in [1.807, 2.05) is 33.0 Å². The number of thiazole rings is 1. The van der Waals surface area contributed by atoms with E-state index in [-0.39, 0.29) is 36.2 Å². The molecule has 8 heteroatoms. The molecule has 2 aromatic rings. The van der Waals surface area contributed by atoms with E-state index in [0.717, 1.165) is 29.0 Å². The van der Waals surface area contributed by atoms with Gasteiger partial charge in [0.1, 0.15) is 23.0 Å². The van der Waals surface area contributed by atoms with E-state index < -0.39 is 0 Å². The Kier molecular flexibility index (Phi) is 11.5. The summed E-state index contributed by atoms with van der Waals surface area (Å²) >= 11 is 1.63. The van der Waals surface area contributed by atoms with E-state index in [9.17, 15) is 0 Å². The molecule has 1 heterocycles. The van der Waals surface area contributed by atoms with Gasteiger partial charge in [0.05, 0.1) is 18.8 Å². The van der Waals surface area contributed by atoms with Crippen molar-refractivity contribution in [3.8, 4) is 5.75 Å². The number of hydrogen-bond donors (Lipinski definition) is 1. The number of aliphatic imine (C=N–C) groups is 1. The Labute approximate surface area is 195 Å². The minimum atomic E-state index is -0.0156. The molecule has 2 rings (SSSR count). The molecule has 2 unspecified atom stereocenters. The molecule has 6 nitrogen and oxygen atoms in total. The third kappa shape index (κ3) is 8.47. The summed E-state index contributed by atoms with van der Waals surface area (Å²) in [4.78, 5) is 11.5. The van der Waals surface area contributed by atoms with Crippen molar-refractivity contribution in [1.29, 1.82) is 0 Å². The first-order valence-corrected chi connectivity index (χ1v) is 10.5. The Hall–Kier alpha value is -1.39. The predicted molar refractivity (Wildman–Crippen MR) is 132 cm³/mol. The number of hydrogen-bond acceptors (Lipinski definition) is 5. The van der Waals surface area contributed by atoms with Crippen LogP contribution in [0.4, 0.5) is 0 Å². The molecular weight excluding hydrogens is 499 g/mol. The molecule has 0 radical (unpaired) electrons. The topological polar surface area (TPSA) is 59.0 Å². The van der Waals surface area contributed by atoms with Crippen LogP contribution in [0.3, 0.4) is 0 Å². The van der Waals surface area contributed by atoms with Gasteiger partial charge in [-0.2, -0.15) is 0 Å². The van der Waals surface area contributed by atoms with Crippen molar-refractivity contribution in [1.82, 2.24) is 15.2 Å². The van der Waals surface area contributed by atoms with E-state index in [1.54, 1.807) is 18.4 Å². The number of nitrogens with zero attached hydrogens (tertiary/aromatic N) is 3. The molecule has 1 aromatic carbocycles. The number of ether oxygens (including phenoxy) is 2. The van der Waals surface area contributed by atoms with Crippen molar-refractivity contribution in [3.05, 3.63) is 45.9 Å². The highest BCUT2D eigenvalue weighted by atomic mass is 127. The van der Waals surface area contributed by atoms with Crippen molar-refractivity contribution in [2.45, 2.75) is 46.4 Å². The molecular formula is C21H33IN4O2S. The largest absolute Gasteiger partial charge is 0.489 e. The Balaban J connectivity index is 0.00000420. The molecule has 162 valence electrons. The second-order valence-corrected chi connectivity index (χ2v) is 7.74. The molecule has 0 aliphatic carbocycles. The third-order valence-electron chi connectivity index (χ3n) is 4.22.